The highest BCUT2D eigenvalue weighted by Gasteiger charge is 2.32. The summed E-state index contributed by atoms with van der Waals surface area (Å²) in [5.74, 6) is -0.140. The van der Waals surface area contributed by atoms with E-state index < -0.39 is 0 Å². The molecule has 0 spiro atoms. The molecular formula is C18H25ClN4O2. The first-order chi connectivity index (χ1) is 11.7. The van der Waals surface area contributed by atoms with Crippen LogP contribution in [0.15, 0.2) is 42.6 Å². The largest absolute Gasteiger partial charge is 0.384 e. The summed E-state index contributed by atoms with van der Waals surface area (Å²) in [5.41, 5.74) is 1.38. The van der Waals surface area contributed by atoms with Gasteiger partial charge in [0.15, 0.2) is 5.69 Å². The molecular weight excluding hydrogens is 340 g/mol. The second-order valence-electron chi connectivity index (χ2n) is 6.35. The van der Waals surface area contributed by atoms with Crippen molar-refractivity contribution in [3.05, 3.63) is 48.3 Å². The van der Waals surface area contributed by atoms with E-state index >= 15 is 0 Å². The number of carbonyl (C=O) groups is 1. The van der Waals surface area contributed by atoms with Crippen LogP contribution in [-0.4, -0.2) is 49.0 Å². The topological polar surface area (TPSA) is 68.2 Å². The van der Waals surface area contributed by atoms with Gasteiger partial charge in [-0.2, -0.15) is 5.10 Å². The molecule has 2 aromatic rings. The molecule has 0 saturated carbocycles. The van der Waals surface area contributed by atoms with Crippen LogP contribution in [0.5, 0.6) is 0 Å². The lowest BCUT2D eigenvalue weighted by molar-refractivity contribution is 0.0510. The molecule has 1 fully saturated rings. The van der Waals surface area contributed by atoms with Gasteiger partial charge in [0, 0.05) is 25.3 Å². The van der Waals surface area contributed by atoms with Crippen LogP contribution < -0.4 is 10.6 Å². The zero-order valence-electron chi connectivity index (χ0n) is 14.4. The summed E-state index contributed by atoms with van der Waals surface area (Å²) in [6, 6.07) is 11.5. The monoisotopic (exact) mass is 364 g/mol. The van der Waals surface area contributed by atoms with Crippen molar-refractivity contribution in [2.24, 2.45) is 5.41 Å². The first-order valence-corrected chi connectivity index (χ1v) is 8.31. The second-order valence-corrected chi connectivity index (χ2v) is 6.35. The van der Waals surface area contributed by atoms with Crippen LogP contribution >= 0.6 is 12.4 Å². The van der Waals surface area contributed by atoms with E-state index in [9.17, 15) is 4.79 Å². The predicted octanol–water partition coefficient (Wildman–Crippen LogP) is 2.04. The fraction of sp³-hybridized carbons (Fsp3) is 0.444. The number of para-hydroxylation sites is 1. The van der Waals surface area contributed by atoms with Gasteiger partial charge in [0.1, 0.15) is 0 Å². The van der Waals surface area contributed by atoms with Crippen LogP contribution in [0.4, 0.5) is 0 Å². The van der Waals surface area contributed by atoms with Crippen molar-refractivity contribution in [3.63, 3.8) is 0 Å². The summed E-state index contributed by atoms with van der Waals surface area (Å²) in [5, 5.41) is 10.8. The normalized spacial score (nSPS) is 16.0. The fourth-order valence-electron chi connectivity index (χ4n) is 3.16. The van der Waals surface area contributed by atoms with Gasteiger partial charge in [0.05, 0.1) is 12.3 Å². The number of aromatic nitrogens is 2. The summed E-state index contributed by atoms with van der Waals surface area (Å²) in [7, 11) is 1.72. The minimum Gasteiger partial charge on any atom is -0.384 e. The van der Waals surface area contributed by atoms with Gasteiger partial charge in [-0.05, 0) is 44.1 Å². The van der Waals surface area contributed by atoms with Crippen molar-refractivity contribution >= 4 is 18.3 Å². The Morgan fingerprint density at radius 3 is 2.68 bits per heavy atom. The highest BCUT2D eigenvalue weighted by Crippen LogP contribution is 2.28. The Bertz CT molecular complexity index is 663. The molecule has 0 atom stereocenters. The number of halogens is 1. The molecule has 0 aliphatic carbocycles. The minimum absolute atomic E-state index is 0. The molecule has 3 rings (SSSR count). The molecule has 136 valence electrons. The third-order valence-electron chi connectivity index (χ3n) is 4.58. The lowest BCUT2D eigenvalue weighted by atomic mass is 9.79. The number of nitrogens with one attached hydrogen (secondary N) is 2. The second kappa shape index (κ2) is 8.99. The van der Waals surface area contributed by atoms with Gasteiger partial charge in [0.25, 0.3) is 5.91 Å². The molecule has 7 heteroatoms. The maximum atomic E-state index is 12.4. The SMILES string of the molecule is COCC1(CNC(=O)c2ccn(-c3ccccc3)n2)CCNCC1.Cl. The summed E-state index contributed by atoms with van der Waals surface area (Å²) < 4.78 is 7.10. The molecule has 1 saturated heterocycles. The summed E-state index contributed by atoms with van der Waals surface area (Å²) >= 11 is 0. The molecule has 1 amide bonds. The van der Waals surface area contributed by atoms with Crippen molar-refractivity contribution in [2.75, 3.05) is 33.4 Å². The molecule has 6 nitrogen and oxygen atoms in total. The maximum Gasteiger partial charge on any atom is 0.271 e. The van der Waals surface area contributed by atoms with Crippen LogP contribution in [-0.2, 0) is 4.74 Å². The smallest absolute Gasteiger partial charge is 0.271 e. The maximum absolute atomic E-state index is 12.4. The molecule has 1 aromatic heterocycles. The number of ether oxygens (including phenoxy) is 1. The Balaban J connectivity index is 0.00000225. The lowest BCUT2D eigenvalue weighted by Gasteiger charge is -2.37. The first kappa shape index (κ1) is 19.4. The van der Waals surface area contributed by atoms with Gasteiger partial charge < -0.3 is 15.4 Å². The number of methoxy groups -OCH3 is 1. The van der Waals surface area contributed by atoms with E-state index in [-0.39, 0.29) is 23.7 Å². The van der Waals surface area contributed by atoms with Gasteiger partial charge >= 0.3 is 0 Å². The zero-order valence-corrected chi connectivity index (χ0v) is 15.2. The van der Waals surface area contributed by atoms with Crippen LogP contribution in [0.1, 0.15) is 23.3 Å². The van der Waals surface area contributed by atoms with Gasteiger partial charge in [-0.15, -0.1) is 12.4 Å². The number of amides is 1. The number of rotatable bonds is 6. The van der Waals surface area contributed by atoms with Crippen molar-refractivity contribution in [1.82, 2.24) is 20.4 Å². The van der Waals surface area contributed by atoms with E-state index in [4.69, 9.17) is 4.74 Å². The van der Waals surface area contributed by atoms with E-state index in [1.54, 1.807) is 24.1 Å². The van der Waals surface area contributed by atoms with E-state index in [0.29, 0.717) is 18.8 Å². The van der Waals surface area contributed by atoms with Crippen LogP contribution in [0.2, 0.25) is 0 Å². The number of piperidine rings is 1. The van der Waals surface area contributed by atoms with Crippen molar-refractivity contribution < 1.29 is 9.53 Å². The number of benzene rings is 1. The zero-order chi connectivity index (χ0) is 16.8. The highest BCUT2D eigenvalue weighted by molar-refractivity contribution is 5.92. The summed E-state index contributed by atoms with van der Waals surface area (Å²) in [4.78, 5) is 12.4. The number of carbonyl (C=O) groups excluding carboxylic acids is 1. The Kier molecular flexibility index (Phi) is 6.99. The van der Waals surface area contributed by atoms with Gasteiger partial charge in [0.2, 0.25) is 0 Å². The van der Waals surface area contributed by atoms with Crippen molar-refractivity contribution in [1.29, 1.82) is 0 Å². The number of nitrogens with zero attached hydrogens (tertiary/aromatic N) is 2. The quantitative estimate of drug-likeness (QED) is 0.823. The number of hydrogen-bond acceptors (Lipinski definition) is 4. The molecule has 1 aliphatic heterocycles. The van der Waals surface area contributed by atoms with Crippen LogP contribution in [0, 0.1) is 5.41 Å². The van der Waals surface area contributed by atoms with Crippen molar-refractivity contribution in [2.45, 2.75) is 12.8 Å². The Hall–Kier alpha value is -1.89. The average molecular weight is 365 g/mol. The van der Waals surface area contributed by atoms with E-state index in [1.165, 1.54) is 0 Å². The van der Waals surface area contributed by atoms with Crippen molar-refractivity contribution in [3.8, 4) is 5.69 Å². The molecule has 2 N–H and O–H groups in total. The van der Waals surface area contributed by atoms with Crippen LogP contribution in [0.25, 0.3) is 5.69 Å². The van der Waals surface area contributed by atoms with Gasteiger partial charge in [-0.3, -0.25) is 4.79 Å². The molecule has 1 aliphatic rings. The Morgan fingerprint density at radius 2 is 2.00 bits per heavy atom. The molecule has 25 heavy (non-hydrogen) atoms. The standard InChI is InChI=1S/C18H24N4O2.ClH/c1-24-14-18(8-10-19-11-9-18)13-20-17(23)16-7-12-22(21-16)15-5-3-2-4-6-15;/h2-7,12,19H,8-11,13-14H2,1H3,(H,20,23);1H. The number of hydrogen-bond donors (Lipinski definition) is 2. The lowest BCUT2D eigenvalue weighted by Crippen LogP contribution is -2.47. The fourth-order valence-corrected chi connectivity index (χ4v) is 3.16. The van der Waals surface area contributed by atoms with E-state index in [0.717, 1.165) is 31.6 Å². The molecule has 0 radical (unpaired) electrons. The van der Waals surface area contributed by atoms with Gasteiger partial charge in [-0.25, -0.2) is 4.68 Å². The molecule has 1 aromatic carbocycles. The highest BCUT2D eigenvalue weighted by atomic mass is 35.5. The van der Waals surface area contributed by atoms with E-state index in [1.807, 2.05) is 30.3 Å². The molecule has 2 heterocycles. The Morgan fingerprint density at radius 1 is 1.28 bits per heavy atom. The predicted molar refractivity (Wildman–Crippen MR) is 99.6 cm³/mol. The average Bonchev–Trinajstić information content (AvgIpc) is 3.12. The minimum atomic E-state index is -0.140. The molecule has 0 bridgehead atoms. The first-order valence-electron chi connectivity index (χ1n) is 8.31. The Labute approximate surface area is 154 Å². The summed E-state index contributed by atoms with van der Waals surface area (Å²) in [6.07, 6.45) is 3.80. The van der Waals surface area contributed by atoms with Gasteiger partial charge in [-0.1, -0.05) is 18.2 Å². The van der Waals surface area contributed by atoms with E-state index in [2.05, 4.69) is 15.7 Å². The third-order valence-corrected chi connectivity index (χ3v) is 4.58. The summed E-state index contributed by atoms with van der Waals surface area (Å²) in [6.45, 7) is 3.19. The molecule has 0 unspecified atom stereocenters. The third kappa shape index (κ3) is 4.81. The van der Waals surface area contributed by atoms with Crippen LogP contribution in [0.3, 0.4) is 0 Å².